The van der Waals surface area contributed by atoms with Crippen molar-refractivity contribution >= 4 is 67.7 Å². The van der Waals surface area contributed by atoms with Gasteiger partial charge in [0.15, 0.2) is 11.5 Å². The quantitative estimate of drug-likeness (QED) is 0.238. The fraction of sp³-hybridized carbons (Fsp3) is 0.0741. The van der Waals surface area contributed by atoms with Crippen molar-refractivity contribution in [3.8, 4) is 11.5 Å². The van der Waals surface area contributed by atoms with E-state index >= 15 is 0 Å². The van der Waals surface area contributed by atoms with Gasteiger partial charge < -0.3 is 9.47 Å². The molecule has 0 bridgehead atoms. The van der Waals surface area contributed by atoms with E-state index in [1.54, 1.807) is 30.6 Å². The van der Waals surface area contributed by atoms with E-state index in [0.717, 1.165) is 21.7 Å². The molecule has 0 radical (unpaired) electrons. The van der Waals surface area contributed by atoms with Crippen LogP contribution in [-0.4, -0.2) is 12.1 Å². The van der Waals surface area contributed by atoms with Crippen LogP contribution in [0.25, 0.3) is 33.1 Å². The van der Waals surface area contributed by atoms with Crippen LogP contribution < -0.4 is 9.47 Å². The van der Waals surface area contributed by atoms with Crippen LogP contribution in [0, 0.1) is 0 Å². The molecule has 0 spiro atoms. The second-order valence-electron chi connectivity index (χ2n) is 7.45. The number of halogens is 2. The van der Waals surface area contributed by atoms with E-state index in [9.17, 15) is 0 Å². The largest absolute Gasteiger partial charge is 0.493 e. The molecule has 1 heterocycles. The van der Waals surface area contributed by atoms with Gasteiger partial charge in [0.25, 0.3) is 0 Å². The SMILES string of the molecule is COc1cc(C=Cc2nc3c(ccc4ccccc43)s2)ccc1OCc1ccc(Cl)cc1Cl. The van der Waals surface area contributed by atoms with Crippen LogP contribution in [0.1, 0.15) is 16.1 Å². The molecular formula is C27H19Cl2NO2S. The van der Waals surface area contributed by atoms with Crippen molar-refractivity contribution in [3.05, 3.63) is 99.0 Å². The maximum absolute atomic E-state index is 6.25. The first-order valence-electron chi connectivity index (χ1n) is 10.3. The van der Waals surface area contributed by atoms with Crippen LogP contribution in [0.15, 0.2) is 72.8 Å². The second-order valence-corrected chi connectivity index (χ2v) is 9.36. The molecule has 5 aromatic rings. The van der Waals surface area contributed by atoms with Crippen LogP contribution in [0.4, 0.5) is 0 Å². The Labute approximate surface area is 205 Å². The van der Waals surface area contributed by atoms with E-state index in [1.165, 1.54) is 15.5 Å². The molecule has 164 valence electrons. The van der Waals surface area contributed by atoms with Gasteiger partial charge in [-0.3, -0.25) is 0 Å². The molecule has 5 rings (SSSR count). The van der Waals surface area contributed by atoms with Crippen molar-refractivity contribution in [1.29, 1.82) is 0 Å². The van der Waals surface area contributed by atoms with Crippen LogP contribution in [-0.2, 0) is 6.61 Å². The average molecular weight is 492 g/mol. The normalized spacial score (nSPS) is 11.5. The monoisotopic (exact) mass is 491 g/mol. The first-order valence-corrected chi connectivity index (χ1v) is 11.9. The zero-order valence-electron chi connectivity index (χ0n) is 17.7. The van der Waals surface area contributed by atoms with E-state index < -0.39 is 0 Å². The standard InChI is InChI=1S/C27H19Cl2NO2S/c1-31-24-14-17(6-11-23(24)32-16-19-8-10-20(28)15-22(19)29)7-13-26-30-27-21-5-3-2-4-18(21)9-12-25(27)33-26/h2-15H,16H2,1H3. The first-order chi connectivity index (χ1) is 16.1. The molecule has 0 atom stereocenters. The number of fused-ring (bicyclic) bond motifs is 3. The highest BCUT2D eigenvalue weighted by Crippen LogP contribution is 2.32. The van der Waals surface area contributed by atoms with E-state index in [0.29, 0.717) is 28.2 Å². The molecule has 0 aliphatic carbocycles. The zero-order chi connectivity index (χ0) is 22.8. The lowest BCUT2D eigenvalue weighted by atomic mass is 10.1. The van der Waals surface area contributed by atoms with Gasteiger partial charge in [-0.2, -0.15) is 0 Å². The number of ether oxygens (including phenoxy) is 2. The number of hydrogen-bond acceptors (Lipinski definition) is 4. The molecular weight excluding hydrogens is 473 g/mol. The van der Waals surface area contributed by atoms with Crippen molar-refractivity contribution in [2.45, 2.75) is 6.61 Å². The van der Waals surface area contributed by atoms with Gasteiger partial charge in [-0.1, -0.05) is 71.7 Å². The van der Waals surface area contributed by atoms with Gasteiger partial charge in [-0.05, 0) is 47.4 Å². The Balaban J connectivity index is 1.36. The summed E-state index contributed by atoms with van der Waals surface area (Å²) in [5.74, 6) is 1.30. The lowest BCUT2D eigenvalue weighted by molar-refractivity contribution is 0.284. The molecule has 0 aliphatic rings. The van der Waals surface area contributed by atoms with Crippen LogP contribution in [0.5, 0.6) is 11.5 Å². The predicted octanol–water partition coefficient (Wildman–Crippen LogP) is 8.51. The van der Waals surface area contributed by atoms with Crippen molar-refractivity contribution < 1.29 is 9.47 Å². The topological polar surface area (TPSA) is 31.4 Å². The molecule has 6 heteroatoms. The Hall–Kier alpha value is -3.05. The molecule has 0 unspecified atom stereocenters. The lowest BCUT2D eigenvalue weighted by Gasteiger charge is -2.12. The molecule has 0 amide bonds. The summed E-state index contributed by atoms with van der Waals surface area (Å²) in [4.78, 5) is 4.85. The number of nitrogens with zero attached hydrogens (tertiary/aromatic N) is 1. The first kappa shape index (κ1) is 21.8. The van der Waals surface area contributed by atoms with Crippen molar-refractivity contribution in [2.75, 3.05) is 7.11 Å². The Morgan fingerprint density at radius 3 is 2.64 bits per heavy atom. The highest BCUT2D eigenvalue weighted by molar-refractivity contribution is 7.19. The molecule has 4 aromatic carbocycles. The second kappa shape index (κ2) is 9.44. The zero-order valence-corrected chi connectivity index (χ0v) is 20.0. The number of methoxy groups -OCH3 is 1. The molecule has 1 aromatic heterocycles. The van der Waals surface area contributed by atoms with E-state index in [4.69, 9.17) is 37.7 Å². The van der Waals surface area contributed by atoms with Gasteiger partial charge in [0, 0.05) is 21.0 Å². The number of thiazole rings is 1. The summed E-state index contributed by atoms with van der Waals surface area (Å²) >= 11 is 13.9. The fourth-order valence-electron chi connectivity index (χ4n) is 3.62. The van der Waals surface area contributed by atoms with Crippen molar-refractivity contribution in [2.24, 2.45) is 0 Å². The Bertz CT molecular complexity index is 1490. The summed E-state index contributed by atoms with van der Waals surface area (Å²) in [6.07, 6.45) is 4.06. The molecule has 0 aliphatic heterocycles. The molecule has 3 nitrogen and oxygen atoms in total. The summed E-state index contributed by atoms with van der Waals surface area (Å²) in [7, 11) is 1.63. The summed E-state index contributed by atoms with van der Waals surface area (Å²) in [5, 5.41) is 4.50. The van der Waals surface area contributed by atoms with Crippen LogP contribution >= 0.6 is 34.5 Å². The third kappa shape index (κ3) is 4.69. The Morgan fingerprint density at radius 1 is 0.909 bits per heavy atom. The number of benzene rings is 4. The van der Waals surface area contributed by atoms with Crippen molar-refractivity contribution in [1.82, 2.24) is 4.98 Å². The summed E-state index contributed by atoms with van der Waals surface area (Å²) < 4.78 is 12.7. The number of rotatable bonds is 6. The van der Waals surface area contributed by atoms with Gasteiger partial charge in [0.2, 0.25) is 0 Å². The van der Waals surface area contributed by atoms with E-state index in [1.807, 2.05) is 48.6 Å². The Morgan fingerprint density at radius 2 is 1.79 bits per heavy atom. The summed E-state index contributed by atoms with van der Waals surface area (Å²) in [5.41, 5.74) is 2.89. The molecule has 0 N–H and O–H groups in total. The minimum atomic E-state index is 0.321. The van der Waals surface area contributed by atoms with E-state index in [-0.39, 0.29) is 0 Å². The third-order valence-corrected chi connectivity index (χ3v) is 6.88. The van der Waals surface area contributed by atoms with E-state index in [2.05, 4.69) is 24.3 Å². The minimum absolute atomic E-state index is 0.321. The molecule has 0 saturated heterocycles. The van der Waals surface area contributed by atoms with Crippen molar-refractivity contribution in [3.63, 3.8) is 0 Å². The summed E-state index contributed by atoms with van der Waals surface area (Å²) in [6, 6.07) is 23.8. The average Bonchev–Trinajstić information content (AvgIpc) is 3.26. The fourth-order valence-corrected chi connectivity index (χ4v) is 4.97. The predicted molar refractivity (Wildman–Crippen MR) is 140 cm³/mol. The number of aromatic nitrogens is 1. The maximum Gasteiger partial charge on any atom is 0.161 e. The van der Waals surface area contributed by atoms with Gasteiger partial charge in [0.1, 0.15) is 11.6 Å². The smallest absolute Gasteiger partial charge is 0.161 e. The highest BCUT2D eigenvalue weighted by Gasteiger charge is 2.09. The van der Waals surface area contributed by atoms with Crippen LogP contribution in [0.2, 0.25) is 10.0 Å². The molecule has 33 heavy (non-hydrogen) atoms. The van der Waals surface area contributed by atoms with Gasteiger partial charge in [0.05, 0.1) is 17.3 Å². The molecule has 0 saturated carbocycles. The van der Waals surface area contributed by atoms with Gasteiger partial charge >= 0.3 is 0 Å². The molecule has 0 fully saturated rings. The van der Waals surface area contributed by atoms with Crippen LogP contribution in [0.3, 0.4) is 0 Å². The minimum Gasteiger partial charge on any atom is -0.493 e. The van der Waals surface area contributed by atoms with Gasteiger partial charge in [-0.15, -0.1) is 11.3 Å². The highest BCUT2D eigenvalue weighted by atomic mass is 35.5. The number of hydrogen-bond donors (Lipinski definition) is 0. The summed E-state index contributed by atoms with van der Waals surface area (Å²) in [6.45, 7) is 0.321. The van der Waals surface area contributed by atoms with Gasteiger partial charge in [-0.25, -0.2) is 4.98 Å². The lowest BCUT2D eigenvalue weighted by Crippen LogP contribution is -1.98. The Kier molecular flexibility index (Phi) is 6.23. The maximum atomic E-state index is 6.25. The third-order valence-electron chi connectivity index (χ3n) is 5.30.